The van der Waals surface area contributed by atoms with Crippen LogP contribution in [0.4, 0.5) is 11.4 Å². The van der Waals surface area contributed by atoms with Crippen molar-refractivity contribution < 1.29 is 17.9 Å². The Labute approximate surface area is 136 Å². The molecule has 0 bridgehead atoms. The number of nitrogens with zero attached hydrogens (tertiary/aromatic N) is 1. The van der Waals surface area contributed by atoms with Crippen LogP contribution in [0.3, 0.4) is 0 Å². The van der Waals surface area contributed by atoms with Crippen molar-refractivity contribution in [1.29, 1.82) is 0 Å². The molecule has 1 aromatic rings. The first-order chi connectivity index (χ1) is 11.0. The fourth-order valence-electron chi connectivity index (χ4n) is 3.12. The number of ether oxygens (including phenoxy) is 1. The van der Waals surface area contributed by atoms with Crippen LogP contribution in [-0.4, -0.2) is 39.3 Å². The lowest BCUT2D eigenvalue weighted by atomic mass is 10.1. The van der Waals surface area contributed by atoms with Crippen molar-refractivity contribution in [2.24, 2.45) is 0 Å². The quantitative estimate of drug-likeness (QED) is 0.890. The van der Waals surface area contributed by atoms with Crippen LogP contribution in [0.2, 0.25) is 0 Å². The Kier molecular flexibility index (Phi) is 4.59. The van der Waals surface area contributed by atoms with Gasteiger partial charge in [-0.1, -0.05) is 13.0 Å². The van der Waals surface area contributed by atoms with E-state index in [1.54, 1.807) is 17.0 Å². The van der Waals surface area contributed by atoms with E-state index in [2.05, 4.69) is 4.72 Å². The van der Waals surface area contributed by atoms with Gasteiger partial charge in [0.15, 0.2) is 0 Å². The maximum absolute atomic E-state index is 12.6. The van der Waals surface area contributed by atoms with Gasteiger partial charge >= 0.3 is 0 Å². The molecule has 1 saturated heterocycles. The smallest absolute Gasteiger partial charge is 0.256 e. The summed E-state index contributed by atoms with van der Waals surface area (Å²) in [6.45, 7) is 3.08. The van der Waals surface area contributed by atoms with E-state index in [4.69, 9.17) is 4.74 Å². The summed E-state index contributed by atoms with van der Waals surface area (Å²) in [6.07, 6.45) is 2.66. The van der Waals surface area contributed by atoms with Gasteiger partial charge in [-0.15, -0.1) is 0 Å². The van der Waals surface area contributed by atoms with E-state index in [1.807, 2.05) is 13.0 Å². The average Bonchev–Trinajstić information content (AvgIpc) is 3.15. The molecule has 0 radical (unpaired) electrons. The highest BCUT2D eigenvalue weighted by atomic mass is 32.2. The molecule has 1 fully saturated rings. The lowest BCUT2D eigenvalue weighted by Gasteiger charge is -2.21. The number of benzene rings is 1. The van der Waals surface area contributed by atoms with Crippen molar-refractivity contribution in [1.82, 2.24) is 0 Å². The van der Waals surface area contributed by atoms with Gasteiger partial charge in [-0.3, -0.25) is 9.52 Å². The van der Waals surface area contributed by atoms with Gasteiger partial charge < -0.3 is 9.64 Å². The molecule has 0 spiro atoms. The molecule has 0 saturated carbocycles. The van der Waals surface area contributed by atoms with Crippen LogP contribution in [0.25, 0.3) is 0 Å². The molecule has 0 aromatic heterocycles. The van der Waals surface area contributed by atoms with Gasteiger partial charge in [0.1, 0.15) is 6.10 Å². The molecule has 7 heteroatoms. The number of fused-ring (bicyclic) bond motifs is 1. The zero-order chi connectivity index (χ0) is 16.4. The van der Waals surface area contributed by atoms with Crippen LogP contribution in [0.5, 0.6) is 0 Å². The zero-order valence-electron chi connectivity index (χ0n) is 13.2. The van der Waals surface area contributed by atoms with Gasteiger partial charge in [0.05, 0.1) is 11.4 Å². The molecule has 6 nitrogen and oxygen atoms in total. The summed E-state index contributed by atoms with van der Waals surface area (Å²) in [4.78, 5) is 14.3. The highest BCUT2D eigenvalue weighted by Gasteiger charge is 2.32. The molecule has 2 heterocycles. The summed E-state index contributed by atoms with van der Waals surface area (Å²) in [5.74, 6) is 0.0673. The van der Waals surface area contributed by atoms with E-state index in [9.17, 15) is 13.2 Å². The van der Waals surface area contributed by atoms with E-state index in [-0.39, 0.29) is 17.8 Å². The zero-order valence-corrected chi connectivity index (χ0v) is 14.1. The van der Waals surface area contributed by atoms with Crippen LogP contribution in [0.1, 0.15) is 31.7 Å². The highest BCUT2D eigenvalue weighted by Crippen LogP contribution is 2.32. The van der Waals surface area contributed by atoms with Gasteiger partial charge in [0, 0.05) is 18.8 Å². The highest BCUT2D eigenvalue weighted by molar-refractivity contribution is 7.92. The summed E-state index contributed by atoms with van der Waals surface area (Å²) < 4.78 is 31.9. The van der Waals surface area contributed by atoms with Crippen LogP contribution < -0.4 is 9.62 Å². The van der Waals surface area contributed by atoms with Crippen molar-refractivity contribution in [3.05, 3.63) is 23.8 Å². The number of sulfonamides is 1. The monoisotopic (exact) mass is 338 g/mol. The minimum atomic E-state index is -3.33. The first-order valence-corrected chi connectivity index (χ1v) is 9.72. The summed E-state index contributed by atoms with van der Waals surface area (Å²) in [6, 6.07) is 5.40. The van der Waals surface area contributed by atoms with Crippen molar-refractivity contribution in [2.75, 3.05) is 28.5 Å². The molecule has 2 aliphatic rings. The predicted octanol–water partition coefficient (Wildman–Crippen LogP) is 1.91. The Morgan fingerprint density at radius 3 is 2.96 bits per heavy atom. The minimum absolute atomic E-state index is 0.0187. The van der Waals surface area contributed by atoms with Crippen LogP contribution in [-0.2, 0) is 26.0 Å². The summed E-state index contributed by atoms with van der Waals surface area (Å²) >= 11 is 0. The molecule has 0 aliphatic carbocycles. The summed E-state index contributed by atoms with van der Waals surface area (Å²) in [7, 11) is -3.33. The third kappa shape index (κ3) is 3.50. The van der Waals surface area contributed by atoms with E-state index >= 15 is 0 Å². The van der Waals surface area contributed by atoms with E-state index < -0.39 is 10.0 Å². The van der Waals surface area contributed by atoms with Crippen LogP contribution in [0.15, 0.2) is 18.2 Å². The number of carbonyl (C=O) groups excluding carboxylic acids is 1. The van der Waals surface area contributed by atoms with Gasteiger partial charge in [0.25, 0.3) is 5.91 Å². The Morgan fingerprint density at radius 1 is 1.43 bits per heavy atom. The molecule has 1 N–H and O–H groups in total. The van der Waals surface area contributed by atoms with Crippen molar-refractivity contribution in [2.45, 2.75) is 38.7 Å². The molecular weight excluding hydrogens is 316 g/mol. The number of nitrogens with one attached hydrogen (secondary N) is 1. The molecule has 1 amide bonds. The van der Waals surface area contributed by atoms with Gasteiger partial charge in [-0.25, -0.2) is 8.42 Å². The average molecular weight is 338 g/mol. The lowest BCUT2D eigenvalue weighted by molar-refractivity contribution is -0.127. The summed E-state index contributed by atoms with van der Waals surface area (Å²) in [5.41, 5.74) is 2.36. The topological polar surface area (TPSA) is 75.7 Å². The fraction of sp³-hybridized carbons (Fsp3) is 0.562. The van der Waals surface area contributed by atoms with Gasteiger partial charge in [-0.05, 0) is 43.4 Å². The molecule has 1 aromatic carbocycles. The Bertz CT molecular complexity index is 696. The largest absolute Gasteiger partial charge is 0.368 e. The number of hydrogen-bond acceptors (Lipinski definition) is 4. The number of anilines is 2. The Balaban J connectivity index is 1.81. The standard InChI is InChI=1S/C16H22N2O4S/c1-2-10-23(20,21)17-13-6-5-12-7-8-18(14(12)11-13)16(19)15-4-3-9-22-15/h5-6,11,15,17H,2-4,7-10H2,1H3/t15-/m0/s1. The van der Waals surface area contributed by atoms with Crippen LogP contribution in [0, 0.1) is 0 Å². The fourth-order valence-corrected chi connectivity index (χ4v) is 4.24. The number of hydrogen-bond donors (Lipinski definition) is 1. The second-order valence-corrected chi connectivity index (χ2v) is 7.85. The van der Waals surface area contributed by atoms with Crippen LogP contribution >= 0.6 is 0 Å². The third-order valence-corrected chi connectivity index (χ3v) is 5.69. The normalized spacial score (nSPS) is 20.6. The number of carbonyl (C=O) groups is 1. The lowest BCUT2D eigenvalue weighted by Crippen LogP contribution is -2.37. The predicted molar refractivity (Wildman–Crippen MR) is 89.2 cm³/mol. The Hall–Kier alpha value is -1.60. The number of rotatable bonds is 5. The maximum atomic E-state index is 12.6. The van der Waals surface area contributed by atoms with Gasteiger partial charge in [-0.2, -0.15) is 0 Å². The number of amides is 1. The SMILES string of the molecule is CCCS(=O)(=O)Nc1ccc2c(c1)N(C(=O)[C@@H]1CCCO1)CC2. The molecule has 2 aliphatic heterocycles. The molecule has 0 unspecified atom stereocenters. The van der Waals surface area contributed by atoms with E-state index in [1.165, 1.54) is 0 Å². The molecule has 126 valence electrons. The van der Waals surface area contributed by atoms with Crippen molar-refractivity contribution in [3.8, 4) is 0 Å². The molecule has 1 atom stereocenters. The molecular formula is C16H22N2O4S. The van der Waals surface area contributed by atoms with E-state index in [0.717, 1.165) is 30.5 Å². The van der Waals surface area contributed by atoms with Crippen molar-refractivity contribution in [3.63, 3.8) is 0 Å². The second-order valence-electron chi connectivity index (χ2n) is 6.01. The summed E-state index contributed by atoms with van der Waals surface area (Å²) in [5, 5.41) is 0. The van der Waals surface area contributed by atoms with Crippen molar-refractivity contribution >= 4 is 27.3 Å². The molecule has 23 heavy (non-hydrogen) atoms. The third-order valence-electron chi connectivity index (χ3n) is 4.20. The maximum Gasteiger partial charge on any atom is 0.256 e. The molecule has 3 rings (SSSR count). The first-order valence-electron chi connectivity index (χ1n) is 8.06. The first kappa shape index (κ1) is 16.3. The second kappa shape index (κ2) is 6.49. The Morgan fingerprint density at radius 2 is 2.26 bits per heavy atom. The van der Waals surface area contributed by atoms with E-state index in [0.29, 0.717) is 25.3 Å². The van der Waals surface area contributed by atoms with Gasteiger partial charge in [0.2, 0.25) is 10.0 Å². The minimum Gasteiger partial charge on any atom is -0.368 e.